The molecule has 1 aromatic carbocycles. The molecule has 28 heavy (non-hydrogen) atoms. The Labute approximate surface area is 169 Å². The minimum Gasteiger partial charge on any atom is -0.477 e. The maximum absolute atomic E-state index is 13.3. The van der Waals surface area contributed by atoms with Crippen LogP contribution in [0.15, 0.2) is 30.3 Å². The van der Waals surface area contributed by atoms with Crippen molar-refractivity contribution in [1.82, 2.24) is 0 Å². The Hall–Kier alpha value is -2.21. The molecular formula is C22H26FNO3S. The van der Waals surface area contributed by atoms with Crippen molar-refractivity contribution in [1.29, 1.82) is 0 Å². The van der Waals surface area contributed by atoms with Crippen LogP contribution in [0.2, 0.25) is 0 Å². The summed E-state index contributed by atoms with van der Waals surface area (Å²) in [5.41, 5.74) is 1.18. The van der Waals surface area contributed by atoms with Gasteiger partial charge in [-0.25, -0.2) is 9.18 Å². The Morgan fingerprint density at radius 3 is 2.29 bits per heavy atom. The van der Waals surface area contributed by atoms with Crippen molar-refractivity contribution in [2.24, 2.45) is 11.8 Å². The predicted octanol–water partition coefficient (Wildman–Crippen LogP) is 5.82. The lowest BCUT2D eigenvalue weighted by Crippen LogP contribution is -2.42. The molecule has 0 aliphatic heterocycles. The third kappa shape index (κ3) is 4.27. The van der Waals surface area contributed by atoms with Gasteiger partial charge in [-0.1, -0.05) is 19.1 Å². The van der Waals surface area contributed by atoms with Crippen molar-refractivity contribution in [2.45, 2.75) is 52.5 Å². The third-order valence-corrected chi connectivity index (χ3v) is 6.58. The Kier molecular flexibility index (Phi) is 6.18. The molecule has 2 aromatic rings. The first-order valence-electron chi connectivity index (χ1n) is 9.74. The van der Waals surface area contributed by atoms with Crippen LogP contribution in [0, 0.1) is 17.7 Å². The van der Waals surface area contributed by atoms with Gasteiger partial charge in [0.1, 0.15) is 10.7 Å². The SMILES string of the molecule is CC1CCC(C(=O)N(c2cc(-c3ccc(F)cc3)sc2C(=O)O)C(C)C)CC1. The number of nitrogens with zero attached hydrogens (tertiary/aromatic N) is 1. The van der Waals surface area contributed by atoms with E-state index >= 15 is 0 Å². The Morgan fingerprint density at radius 2 is 1.75 bits per heavy atom. The molecule has 1 aliphatic carbocycles. The van der Waals surface area contributed by atoms with Crippen LogP contribution in [-0.4, -0.2) is 23.0 Å². The van der Waals surface area contributed by atoms with E-state index in [1.54, 1.807) is 23.1 Å². The van der Waals surface area contributed by atoms with Crippen molar-refractivity contribution >= 4 is 28.9 Å². The maximum atomic E-state index is 13.3. The summed E-state index contributed by atoms with van der Waals surface area (Å²) in [6.45, 7) is 6.02. The summed E-state index contributed by atoms with van der Waals surface area (Å²) in [6.07, 6.45) is 3.75. The molecule has 1 aromatic heterocycles. The van der Waals surface area contributed by atoms with E-state index in [1.807, 2.05) is 13.8 Å². The molecule has 1 aliphatic rings. The smallest absolute Gasteiger partial charge is 0.348 e. The van der Waals surface area contributed by atoms with Gasteiger partial charge in [-0.15, -0.1) is 11.3 Å². The summed E-state index contributed by atoms with van der Waals surface area (Å²) in [4.78, 5) is 27.7. The number of thiophene rings is 1. The molecule has 4 nitrogen and oxygen atoms in total. The summed E-state index contributed by atoms with van der Waals surface area (Å²) < 4.78 is 13.2. The first-order chi connectivity index (χ1) is 13.3. The normalized spacial score (nSPS) is 19.6. The summed E-state index contributed by atoms with van der Waals surface area (Å²) in [5.74, 6) is -0.812. The second kappa shape index (κ2) is 8.43. The van der Waals surface area contributed by atoms with E-state index in [0.717, 1.165) is 42.6 Å². The van der Waals surface area contributed by atoms with Gasteiger partial charge in [0.25, 0.3) is 0 Å². The van der Waals surface area contributed by atoms with E-state index in [9.17, 15) is 19.1 Å². The average molecular weight is 404 g/mol. The molecule has 1 heterocycles. The lowest BCUT2D eigenvalue weighted by Gasteiger charge is -2.33. The van der Waals surface area contributed by atoms with Crippen molar-refractivity contribution < 1.29 is 19.1 Å². The van der Waals surface area contributed by atoms with Crippen LogP contribution < -0.4 is 4.90 Å². The summed E-state index contributed by atoms with van der Waals surface area (Å²) in [7, 11) is 0. The van der Waals surface area contributed by atoms with Crippen LogP contribution >= 0.6 is 11.3 Å². The summed E-state index contributed by atoms with van der Waals surface area (Å²) in [5, 5.41) is 9.74. The number of carboxylic acid groups (broad SMARTS) is 1. The highest BCUT2D eigenvalue weighted by molar-refractivity contribution is 7.18. The molecule has 6 heteroatoms. The fraction of sp³-hybridized carbons (Fsp3) is 0.455. The molecule has 0 atom stereocenters. The van der Waals surface area contributed by atoms with Crippen LogP contribution in [0.3, 0.4) is 0 Å². The van der Waals surface area contributed by atoms with Crippen molar-refractivity contribution in [3.63, 3.8) is 0 Å². The topological polar surface area (TPSA) is 57.6 Å². The number of anilines is 1. The van der Waals surface area contributed by atoms with Gasteiger partial charge in [-0.2, -0.15) is 0 Å². The Bertz CT molecular complexity index is 851. The molecule has 0 spiro atoms. The van der Waals surface area contributed by atoms with Crippen LogP contribution in [0.4, 0.5) is 10.1 Å². The van der Waals surface area contributed by atoms with Gasteiger partial charge in [0.2, 0.25) is 5.91 Å². The highest BCUT2D eigenvalue weighted by atomic mass is 32.1. The van der Waals surface area contributed by atoms with E-state index in [4.69, 9.17) is 0 Å². The Morgan fingerprint density at radius 1 is 1.14 bits per heavy atom. The quantitative estimate of drug-likeness (QED) is 0.684. The number of halogens is 1. The molecule has 1 N–H and O–H groups in total. The molecule has 0 bridgehead atoms. The fourth-order valence-corrected chi connectivity index (χ4v) is 4.82. The van der Waals surface area contributed by atoms with Gasteiger partial charge in [0.05, 0.1) is 5.69 Å². The lowest BCUT2D eigenvalue weighted by molar-refractivity contribution is -0.123. The van der Waals surface area contributed by atoms with Crippen molar-refractivity contribution in [2.75, 3.05) is 4.90 Å². The molecule has 150 valence electrons. The number of hydrogen-bond donors (Lipinski definition) is 1. The second-order valence-electron chi connectivity index (χ2n) is 7.90. The average Bonchev–Trinajstić information content (AvgIpc) is 3.07. The monoisotopic (exact) mass is 403 g/mol. The van der Waals surface area contributed by atoms with E-state index in [2.05, 4.69) is 6.92 Å². The first kappa shape index (κ1) is 20.5. The number of carbonyl (C=O) groups is 2. The summed E-state index contributed by atoms with van der Waals surface area (Å²) in [6, 6.07) is 7.56. The van der Waals surface area contributed by atoms with Gasteiger partial charge in [-0.3, -0.25) is 4.79 Å². The molecule has 0 radical (unpaired) electrons. The zero-order valence-corrected chi connectivity index (χ0v) is 17.3. The van der Waals surface area contributed by atoms with Gasteiger partial charge < -0.3 is 10.0 Å². The van der Waals surface area contributed by atoms with E-state index < -0.39 is 5.97 Å². The predicted molar refractivity (Wildman–Crippen MR) is 110 cm³/mol. The van der Waals surface area contributed by atoms with Crippen LogP contribution in [0.25, 0.3) is 10.4 Å². The molecule has 1 saturated carbocycles. The minimum atomic E-state index is -1.05. The highest BCUT2D eigenvalue weighted by Crippen LogP contribution is 2.39. The van der Waals surface area contributed by atoms with E-state index in [1.165, 1.54) is 12.1 Å². The molecule has 0 saturated heterocycles. The third-order valence-electron chi connectivity index (χ3n) is 5.41. The van der Waals surface area contributed by atoms with Crippen LogP contribution in [-0.2, 0) is 4.79 Å². The first-order valence-corrected chi connectivity index (χ1v) is 10.6. The molecule has 1 amide bonds. The van der Waals surface area contributed by atoms with Gasteiger partial charge >= 0.3 is 5.97 Å². The minimum absolute atomic E-state index is 0.00727. The number of amides is 1. The molecule has 3 rings (SSSR count). The van der Waals surface area contributed by atoms with Crippen molar-refractivity contribution in [3.8, 4) is 10.4 Å². The zero-order valence-electron chi connectivity index (χ0n) is 16.4. The molecule has 0 unspecified atom stereocenters. The van der Waals surface area contributed by atoms with Gasteiger partial charge in [0.15, 0.2) is 0 Å². The lowest BCUT2D eigenvalue weighted by atomic mass is 9.82. The number of aromatic carboxylic acids is 1. The van der Waals surface area contributed by atoms with Crippen LogP contribution in [0.5, 0.6) is 0 Å². The van der Waals surface area contributed by atoms with Gasteiger partial charge in [0, 0.05) is 16.8 Å². The Balaban J connectivity index is 1.99. The van der Waals surface area contributed by atoms with E-state index in [-0.39, 0.29) is 28.6 Å². The second-order valence-corrected chi connectivity index (χ2v) is 8.95. The zero-order chi connectivity index (χ0) is 20.4. The largest absolute Gasteiger partial charge is 0.477 e. The molecular weight excluding hydrogens is 377 g/mol. The number of rotatable bonds is 5. The molecule has 1 fully saturated rings. The number of benzene rings is 1. The van der Waals surface area contributed by atoms with Gasteiger partial charge in [-0.05, 0) is 69.2 Å². The highest BCUT2D eigenvalue weighted by Gasteiger charge is 2.33. The number of hydrogen-bond acceptors (Lipinski definition) is 3. The summed E-state index contributed by atoms with van der Waals surface area (Å²) >= 11 is 1.12. The van der Waals surface area contributed by atoms with Crippen molar-refractivity contribution in [3.05, 3.63) is 41.0 Å². The van der Waals surface area contributed by atoms with E-state index in [0.29, 0.717) is 16.5 Å². The standard InChI is InChI=1S/C22H26FNO3S/c1-13(2)24(21(25)16-6-4-14(3)5-7-16)18-12-19(28-20(18)22(26)27)15-8-10-17(23)11-9-15/h8-14,16H,4-7H2,1-3H3,(H,26,27). The maximum Gasteiger partial charge on any atom is 0.348 e. The number of carbonyl (C=O) groups excluding carboxylic acids is 1. The fourth-order valence-electron chi connectivity index (χ4n) is 3.83. The number of carboxylic acids is 1. The van der Waals surface area contributed by atoms with Crippen LogP contribution in [0.1, 0.15) is 56.1 Å².